The fraction of sp³-hybridized carbons (Fsp3) is 0.643. The maximum absolute atomic E-state index is 12.6. The zero-order valence-corrected chi connectivity index (χ0v) is 12.1. The van der Waals surface area contributed by atoms with Crippen LogP contribution in [-0.4, -0.2) is 44.8 Å². The molecule has 6 heteroatoms. The number of hydrogen-bond acceptors (Lipinski definition) is 3. The minimum absolute atomic E-state index is 0.0219. The molecule has 0 aromatic carbocycles. The van der Waals surface area contributed by atoms with Crippen molar-refractivity contribution >= 4 is 11.9 Å². The average Bonchev–Trinajstić information content (AvgIpc) is 2.82. The van der Waals surface area contributed by atoms with E-state index in [1.54, 1.807) is 22.8 Å². The van der Waals surface area contributed by atoms with Gasteiger partial charge in [0.15, 0.2) is 0 Å². The van der Waals surface area contributed by atoms with E-state index >= 15 is 0 Å². The van der Waals surface area contributed by atoms with Crippen molar-refractivity contribution in [3.8, 4) is 0 Å². The summed E-state index contributed by atoms with van der Waals surface area (Å²) in [6.07, 6.45) is 2.30. The molecule has 3 unspecified atom stereocenters. The van der Waals surface area contributed by atoms with Crippen LogP contribution in [0.25, 0.3) is 0 Å². The lowest BCUT2D eigenvalue weighted by Gasteiger charge is -2.36. The van der Waals surface area contributed by atoms with Crippen LogP contribution < -0.4 is 0 Å². The number of aryl methyl sites for hydroxylation is 1. The second-order valence-corrected chi connectivity index (χ2v) is 5.72. The van der Waals surface area contributed by atoms with Crippen LogP contribution in [0.3, 0.4) is 0 Å². The van der Waals surface area contributed by atoms with E-state index in [0.717, 1.165) is 5.69 Å². The Hall–Kier alpha value is -1.85. The molecular formula is C14H21N3O3. The summed E-state index contributed by atoms with van der Waals surface area (Å²) in [5, 5.41) is 13.2. The SMILES string of the molecule is CC1CC(C(=O)O)CN(C(=O)C(C)c2ccnn2C)C1. The van der Waals surface area contributed by atoms with Gasteiger partial charge in [-0.25, -0.2) is 0 Å². The molecule has 0 radical (unpaired) electrons. The molecule has 3 atom stereocenters. The molecule has 1 fully saturated rings. The maximum atomic E-state index is 12.6. The summed E-state index contributed by atoms with van der Waals surface area (Å²) in [5.41, 5.74) is 0.847. The second-order valence-electron chi connectivity index (χ2n) is 5.72. The highest BCUT2D eigenvalue weighted by molar-refractivity contribution is 5.83. The minimum Gasteiger partial charge on any atom is -0.481 e. The molecule has 1 aliphatic rings. The molecular weight excluding hydrogens is 258 g/mol. The van der Waals surface area contributed by atoms with Crippen molar-refractivity contribution in [3.05, 3.63) is 18.0 Å². The second kappa shape index (κ2) is 5.64. The van der Waals surface area contributed by atoms with E-state index in [2.05, 4.69) is 5.10 Å². The smallest absolute Gasteiger partial charge is 0.308 e. The molecule has 1 aliphatic heterocycles. The highest BCUT2D eigenvalue weighted by Crippen LogP contribution is 2.25. The largest absolute Gasteiger partial charge is 0.481 e. The Bertz CT molecular complexity index is 512. The van der Waals surface area contributed by atoms with Gasteiger partial charge in [0.25, 0.3) is 0 Å². The molecule has 0 aliphatic carbocycles. The number of hydrogen-bond donors (Lipinski definition) is 1. The number of carbonyl (C=O) groups is 2. The highest BCUT2D eigenvalue weighted by Gasteiger charge is 2.34. The van der Waals surface area contributed by atoms with E-state index in [4.69, 9.17) is 0 Å². The van der Waals surface area contributed by atoms with Gasteiger partial charge in [0, 0.05) is 26.3 Å². The number of amides is 1. The fourth-order valence-corrected chi connectivity index (χ4v) is 2.92. The Kier molecular flexibility index (Phi) is 4.11. The van der Waals surface area contributed by atoms with Crippen molar-refractivity contribution in [3.63, 3.8) is 0 Å². The molecule has 2 rings (SSSR count). The molecule has 1 aromatic heterocycles. The summed E-state index contributed by atoms with van der Waals surface area (Å²) in [6.45, 7) is 4.77. The molecule has 1 aromatic rings. The first-order valence-corrected chi connectivity index (χ1v) is 6.89. The van der Waals surface area contributed by atoms with Gasteiger partial charge in [-0.15, -0.1) is 0 Å². The van der Waals surface area contributed by atoms with E-state index < -0.39 is 11.9 Å². The van der Waals surface area contributed by atoms with Gasteiger partial charge in [-0.2, -0.15) is 5.10 Å². The van der Waals surface area contributed by atoms with Gasteiger partial charge in [0.2, 0.25) is 5.91 Å². The summed E-state index contributed by atoms with van der Waals surface area (Å²) >= 11 is 0. The van der Waals surface area contributed by atoms with Gasteiger partial charge in [-0.05, 0) is 25.3 Å². The topological polar surface area (TPSA) is 75.4 Å². The number of likely N-dealkylation sites (tertiary alicyclic amines) is 1. The lowest BCUT2D eigenvalue weighted by Crippen LogP contribution is -2.47. The average molecular weight is 279 g/mol. The number of piperidine rings is 1. The first kappa shape index (κ1) is 14.6. The van der Waals surface area contributed by atoms with Crippen molar-refractivity contribution in [2.24, 2.45) is 18.9 Å². The van der Waals surface area contributed by atoms with Crippen molar-refractivity contribution in [1.82, 2.24) is 14.7 Å². The Morgan fingerprint density at radius 2 is 2.15 bits per heavy atom. The Balaban J connectivity index is 2.12. The standard InChI is InChI=1S/C14H21N3O3/c1-9-6-11(14(19)20)8-17(7-9)13(18)10(2)12-4-5-15-16(12)3/h4-5,9-11H,6-8H2,1-3H3,(H,19,20). The third-order valence-electron chi connectivity index (χ3n) is 3.99. The predicted molar refractivity (Wildman–Crippen MR) is 73.1 cm³/mol. The van der Waals surface area contributed by atoms with Gasteiger partial charge >= 0.3 is 5.97 Å². The van der Waals surface area contributed by atoms with Crippen LogP contribution >= 0.6 is 0 Å². The molecule has 1 amide bonds. The summed E-state index contributed by atoms with van der Waals surface area (Å²) in [4.78, 5) is 25.4. The molecule has 1 N–H and O–H groups in total. The third kappa shape index (κ3) is 2.84. The van der Waals surface area contributed by atoms with Crippen molar-refractivity contribution in [2.75, 3.05) is 13.1 Å². The van der Waals surface area contributed by atoms with Crippen molar-refractivity contribution < 1.29 is 14.7 Å². The molecule has 1 saturated heterocycles. The molecule has 2 heterocycles. The number of aliphatic carboxylic acids is 1. The van der Waals surface area contributed by atoms with Crippen LogP contribution in [0, 0.1) is 11.8 Å². The van der Waals surface area contributed by atoms with Crippen molar-refractivity contribution in [1.29, 1.82) is 0 Å². The van der Waals surface area contributed by atoms with Gasteiger partial charge in [-0.1, -0.05) is 6.92 Å². The molecule has 110 valence electrons. The molecule has 0 bridgehead atoms. The van der Waals surface area contributed by atoms with Crippen LogP contribution in [0.2, 0.25) is 0 Å². The predicted octanol–water partition coefficient (Wildman–Crippen LogP) is 1.09. The third-order valence-corrected chi connectivity index (χ3v) is 3.99. The minimum atomic E-state index is -0.817. The zero-order chi connectivity index (χ0) is 14.9. The molecule has 0 spiro atoms. The van der Waals surface area contributed by atoms with Crippen LogP contribution in [-0.2, 0) is 16.6 Å². The summed E-state index contributed by atoms with van der Waals surface area (Å²) in [7, 11) is 1.80. The number of nitrogens with zero attached hydrogens (tertiary/aromatic N) is 3. The molecule has 0 saturated carbocycles. The van der Waals surface area contributed by atoms with Gasteiger partial charge in [-0.3, -0.25) is 14.3 Å². The van der Waals surface area contributed by atoms with Crippen LogP contribution in [0.5, 0.6) is 0 Å². The lowest BCUT2D eigenvalue weighted by molar-refractivity contribution is -0.147. The first-order chi connectivity index (χ1) is 9.40. The Labute approximate surface area is 118 Å². The number of rotatable bonds is 3. The number of carboxylic acids is 1. The maximum Gasteiger partial charge on any atom is 0.308 e. The monoisotopic (exact) mass is 279 g/mol. The molecule has 6 nitrogen and oxygen atoms in total. The van der Waals surface area contributed by atoms with Gasteiger partial charge < -0.3 is 10.0 Å². The normalized spacial score (nSPS) is 24.4. The summed E-state index contributed by atoms with van der Waals surface area (Å²) in [6, 6.07) is 1.82. The van der Waals surface area contributed by atoms with Crippen LogP contribution in [0.4, 0.5) is 0 Å². The molecule has 20 heavy (non-hydrogen) atoms. The lowest BCUT2D eigenvalue weighted by atomic mass is 9.89. The van der Waals surface area contributed by atoms with E-state index in [9.17, 15) is 14.7 Å². The van der Waals surface area contributed by atoms with E-state index in [1.807, 2.05) is 19.9 Å². The van der Waals surface area contributed by atoms with Crippen LogP contribution in [0.1, 0.15) is 31.9 Å². The van der Waals surface area contributed by atoms with Crippen LogP contribution in [0.15, 0.2) is 12.3 Å². The van der Waals surface area contributed by atoms with Crippen molar-refractivity contribution in [2.45, 2.75) is 26.2 Å². The number of carboxylic acid groups (broad SMARTS) is 1. The number of aromatic nitrogens is 2. The van der Waals surface area contributed by atoms with E-state index in [1.165, 1.54) is 0 Å². The van der Waals surface area contributed by atoms with Gasteiger partial charge in [0.05, 0.1) is 17.5 Å². The Morgan fingerprint density at radius 3 is 2.70 bits per heavy atom. The van der Waals surface area contributed by atoms with E-state index in [0.29, 0.717) is 19.5 Å². The first-order valence-electron chi connectivity index (χ1n) is 6.89. The summed E-state index contributed by atoms with van der Waals surface area (Å²) in [5.74, 6) is -1.38. The summed E-state index contributed by atoms with van der Waals surface area (Å²) < 4.78 is 1.69. The zero-order valence-electron chi connectivity index (χ0n) is 12.1. The Morgan fingerprint density at radius 1 is 1.45 bits per heavy atom. The number of carbonyl (C=O) groups excluding carboxylic acids is 1. The van der Waals surface area contributed by atoms with E-state index in [-0.39, 0.29) is 17.7 Å². The van der Waals surface area contributed by atoms with Gasteiger partial charge in [0.1, 0.15) is 0 Å². The quantitative estimate of drug-likeness (QED) is 0.898. The highest BCUT2D eigenvalue weighted by atomic mass is 16.4. The fourth-order valence-electron chi connectivity index (χ4n) is 2.92.